The Hall–Kier alpha value is -1.15. The van der Waals surface area contributed by atoms with E-state index in [1.54, 1.807) is 0 Å². The summed E-state index contributed by atoms with van der Waals surface area (Å²) >= 11 is 0. The normalized spacial score (nSPS) is 20.8. The third kappa shape index (κ3) is 3.44. The summed E-state index contributed by atoms with van der Waals surface area (Å²) in [5, 5.41) is 0. The van der Waals surface area contributed by atoms with Crippen molar-refractivity contribution in [1.82, 2.24) is 0 Å². The standard InChI is InChI=1S/C12H15N.C5H10O/c1-8(2)10-4-5-12-9(3)13-7-11(12)6-10;1-2-5-3-6-4-5/h4-9H,1-3H3;5H,2-4H2,1H3. The molecule has 0 amide bonds. The second-order valence-electron chi connectivity index (χ2n) is 5.81. The highest BCUT2D eigenvalue weighted by atomic mass is 16.5. The number of hydrogen-bond acceptors (Lipinski definition) is 2. The largest absolute Gasteiger partial charge is 0.381 e. The molecule has 0 N–H and O–H groups in total. The summed E-state index contributed by atoms with van der Waals surface area (Å²) in [6, 6.07) is 7.04. The average Bonchev–Trinajstić information content (AvgIpc) is 2.70. The van der Waals surface area contributed by atoms with E-state index in [0.717, 1.165) is 19.1 Å². The van der Waals surface area contributed by atoms with Gasteiger partial charge in [0.2, 0.25) is 0 Å². The molecule has 1 aromatic rings. The maximum atomic E-state index is 4.93. The molecule has 0 bridgehead atoms. The molecular formula is C17H25NO. The molecule has 1 saturated heterocycles. The van der Waals surface area contributed by atoms with E-state index < -0.39 is 0 Å². The summed E-state index contributed by atoms with van der Waals surface area (Å²) in [5.41, 5.74) is 4.07. The molecule has 0 aromatic heterocycles. The molecule has 0 spiro atoms. The van der Waals surface area contributed by atoms with Crippen LogP contribution in [-0.2, 0) is 4.74 Å². The van der Waals surface area contributed by atoms with Gasteiger partial charge in [0, 0.05) is 12.1 Å². The first-order valence-electron chi connectivity index (χ1n) is 7.36. The van der Waals surface area contributed by atoms with E-state index >= 15 is 0 Å². The van der Waals surface area contributed by atoms with E-state index in [1.807, 2.05) is 6.21 Å². The molecule has 2 aliphatic heterocycles. The van der Waals surface area contributed by atoms with E-state index in [0.29, 0.717) is 12.0 Å². The minimum Gasteiger partial charge on any atom is -0.381 e. The van der Waals surface area contributed by atoms with Gasteiger partial charge in [0.15, 0.2) is 0 Å². The predicted octanol–water partition coefficient (Wildman–Crippen LogP) is 4.35. The van der Waals surface area contributed by atoms with E-state index in [9.17, 15) is 0 Å². The van der Waals surface area contributed by atoms with Crippen molar-refractivity contribution < 1.29 is 4.74 Å². The van der Waals surface area contributed by atoms with Crippen molar-refractivity contribution in [2.24, 2.45) is 10.9 Å². The molecule has 1 fully saturated rings. The van der Waals surface area contributed by atoms with Crippen LogP contribution in [0, 0.1) is 5.92 Å². The molecule has 2 nitrogen and oxygen atoms in total. The van der Waals surface area contributed by atoms with Crippen LogP contribution >= 0.6 is 0 Å². The molecular weight excluding hydrogens is 234 g/mol. The number of aliphatic imine (C=N–C) groups is 1. The van der Waals surface area contributed by atoms with Crippen molar-refractivity contribution in [3.63, 3.8) is 0 Å². The summed E-state index contributed by atoms with van der Waals surface area (Å²) in [7, 11) is 0. The number of fused-ring (bicyclic) bond motifs is 1. The monoisotopic (exact) mass is 259 g/mol. The van der Waals surface area contributed by atoms with Crippen LogP contribution in [0.15, 0.2) is 23.2 Å². The first-order valence-corrected chi connectivity index (χ1v) is 7.36. The fourth-order valence-electron chi connectivity index (χ4n) is 2.24. The Kier molecular flexibility index (Phi) is 4.76. The lowest BCUT2D eigenvalue weighted by molar-refractivity contribution is -0.0331. The summed E-state index contributed by atoms with van der Waals surface area (Å²) < 4.78 is 4.93. The molecule has 0 aliphatic carbocycles. The lowest BCUT2D eigenvalue weighted by Gasteiger charge is -2.23. The molecule has 0 radical (unpaired) electrons. The minimum atomic E-state index is 0.358. The van der Waals surface area contributed by atoms with Crippen molar-refractivity contribution in [3.05, 3.63) is 34.9 Å². The third-order valence-electron chi connectivity index (χ3n) is 3.95. The second kappa shape index (κ2) is 6.33. The van der Waals surface area contributed by atoms with Gasteiger partial charge < -0.3 is 4.74 Å². The zero-order valence-corrected chi connectivity index (χ0v) is 12.5. The quantitative estimate of drug-likeness (QED) is 0.774. The fraction of sp³-hybridized carbons (Fsp3) is 0.588. The average molecular weight is 259 g/mol. The molecule has 1 aromatic carbocycles. The second-order valence-corrected chi connectivity index (χ2v) is 5.81. The Labute approximate surface area is 116 Å². The first kappa shape index (κ1) is 14.3. The van der Waals surface area contributed by atoms with Crippen molar-refractivity contribution in [2.45, 2.75) is 46.1 Å². The van der Waals surface area contributed by atoms with Crippen LogP contribution in [0.1, 0.15) is 62.8 Å². The first-order chi connectivity index (χ1) is 9.11. The van der Waals surface area contributed by atoms with Gasteiger partial charge in [-0.3, -0.25) is 4.99 Å². The van der Waals surface area contributed by atoms with Gasteiger partial charge in [0.05, 0.1) is 19.3 Å². The van der Waals surface area contributed by atoms with Crippen molar-refractivity contribution in [1.29, 1.82) is 0 Å². The van der Waals surface area contributed by atoms with E-state index in [4.69, 9.17) is 4.74 Å². The topological polar surface area (TPSA) is 21.6 Å². The van der Waals surface area contributed by atoms with Crippen molar-refractivity contribution >= 4 is 6.21 Å². The van der Waals surface area contributed by atoms with Gasteiger partial charge in [0.1, 0.15) is 0 Å². The SMILES string of the molecule is CC(C)c1ccc2c(c1)C=NC2C.CCC1COC1. The van der Waals surface area contributed by atoms with Gasteiger partial charge in [0.25, 0.3) is 0 Å². The number of nitrogens with zero attached hydrogens (tertiary/aromatic N) is 1. The molecule has 1 unspecified atom stereocenters. The minimum absolute atomic E-state index is 0.358. The molecule has 0 saturated carbocycles. The number of rotatable bonds is 2. The Bertz CT molecular complexity index is 444. The van der Waals surface area contributed by atoms with Crippen LogP contribution in [0.2, 0.25) is 0 Å². The third-order valence-corrected chi connectivity index (χ3v) is 3.95. The number of benzene rings is 1. The summed E-state index contributed by atoms with van der Waals surface area (Å²) in [6.07, 6.45) is 3.28. The fourth-order valence-corrected chi connectivity index (χ4v) is 2.24. The highest BCUT2D eigenvalue weighted by molar-refractivity contribution is 5.85. The van der Waals surface area contributed by atoms with Crippen LogP contribution in [0.25, 0.3) is 0 Å². The van der Waals surface area contributed by atoms with Crippen LogP contribution < -0.4 is 0 Å². The molecule has 2 heterocycles. The van der Waals surface area contributed by atoms with Gasteiger partial charge in [-0.1, -0.05) is 32.9 Å². The molecule has 104 valence electrons. The molecule has 2 aliphatic rings. The van der Waals surface area contributed by atoms with Crippen molar-refractivity contribution in [3.8, 4) is 0 Å². The van der Waals surface area contributed by atoms with E-state index in [1.165, 1.54) is 23.1 Å². The summed E-state index contributed by atoms with van der Waals surface area (Å²) in [5.74, 6) is 1.50. The van der Waals surface area contributed by atoms with Crippen molar-refractivity contribution in [2.75, 3.05) is 13.2 Å². The van der Waals surface area contributed by atoms with Crippen LogP contribution in [0.4, 0.5) is 0 Å². The summed E-state index contributed by atoms with van der Waals surface area (Å²) in [6.45, 7) is 10.8. The van der Waals surface area contributed by atoms with E-state index in [2.05, 4.69) is 50.9 Å². The molecule has 1 atom stereocenters. The Morgan fingerprint density at radius 3 is 2.53 bits per heavy atom. The number of hydrogen-bond donors (Lipinski definition) is 0. The number of ether oxygens (including phenoxy) is 1. The van der Waals surface area contributed by atoms with Crippen LogP contribution in [0.5, 0.6) is 0 Å². The van der Waals surface area contributed by atoms with Gasteiger partial charge in [-0.25, -0.2) is 0 Å². The highest BCUT2D eigenvalue weighted by Crippen LogP contribution is 2.28. The predicted molar refractivity (Wildman–Crippen MR) is 81.1 cm³/mol. The van der Waals surface area contributed by atoms with Crippen LogP contribution in [-0.4, -0.2) is 19.4 Å². The van der Waals surface area contributed by atoms with Gasteiger partial charge in [-0.05, 0) is 42.0 Å². The molecule has 19 heavy (non-hydrogen) atoms. The maximum absolute atomic E-state index is 4.93. The Morgan fingerprint density at radius 1 is 1.32 bits per heavy atom. The molecule has 2 heteroatoms. The molecule has 3 rings (SSSR count). The van der Waals surface area contributed by atoms with E-state index in [-0.39, 0.29) is 0 Å². The maximum Gasteiger partial charge on any atom is 0.0727 e. The lowest BCUT2D eigenvalue weighted by Crippen LogP contribution is -2.26. The highest BCUT2D eigenvalue weighted by Gasteiger charge is 2.15. The zero-order chi connectivity index (χ0) is 13.8. The lowest BCUT2D eigenvalue weighted by atomic mass is 9.97. The summed E-state index contributed by atoms with van der Waals surface area (Å²) in [4.78, 5) is 4.38. The Morgan fingerprint density at radius 2 is 2.05 bits per heavy atom. The smallest absolute Gasteiger partial charge is 0.0727 e. The van der Waals surface area contributed by atoms with Gasteiger partial charge >= 0.3 is 0 Å². The van der Waals surface area contributed by atoms with Gasteiger partial charge in [-0.15, -0.1) is 0 Å². The van der Waals surface area contributed by atoms with Crippen LogP contribution in [0.3, 0.4) is 0 Å². The zero-order valence-electron chi connectivity index (χ0n) is 12.5. The van der Waals surface area contributed by atoms with Gasteiger partial charge in [-0.2, -0.15) is 0 Å². The Balaban J connectivity index is 0.000000186.